The Hall–Kier alpha value is -5.16. The van der Waals surface area contributed by atoms with Crippen LogP contribution in [0.15, 0.2) is 105 Å². The van der Waals surface area contributed by atoms with Crippen LogP contribution in [0, 0.1) is 0 Å². The number of nitrogens with one attached hydrogen (secondary N) is 4. The Balaban J connectivity index is 1.26. The van der Waals surface area contributed by atoms with E-state index in [2.05, 4.69) is 41.7 Å². The lowest BCUT2D eigenvalue weighted by atomic mass is 10.1. The highest BCUT2D eigenvalue weighted by atomic mass is 35.5. The van der Waals surface area contributed by atoms with E-state index in [0.717, 1.165) is 13.8 Å². The van der Waals surface area contributed by atoms with Crippen molar-refractivity contribution in [3.63, 3.8) is 0 Å². The van der Waals surface area contributed by atoms with Gasteiger partial charge in [0.05, 0.1) is 85.4 Å². The van der Waals surface area contributed by atoms with E-state index in [0.29, 0.717) is 0 Å². The minimum Gasteiger partial charge on any atom is -0.322 e. The van der Waals surface area contributed by atoms with E-state index < -0.39 is 47.3 Å². The second-order valence-electron chi connectivity index (χ2n) is 12.7. The van der Waals surface area contributed by atoms with Gasteiger partial charge in [0.1, 0.15) is 0 Å². The lowest BCUT2D eigenvalue weighted by Crippen LogP contribution is -2.32. The number of ketones is 2. The van der Waals surface area contributed by atoms with Crippen molar-refractivity contribution in [1.29, 1.82) is 0 Å². The van der Waals surface area contributed by atoms with Crippen LogP contribution in [0.2, 0.25) is 40.2 Å². The van der Waals surface area contributed by atoms with E-state index in [1.165, 1.54) is 60.7 Å². The summed E-state index contributed by atoms with van der Waals surface area (Å²) in [6.07, 6.45) is 0. The van der Waals surface area contributed by atoms with Crippen molar-refractivity contribution >= 4 is 162 Å². The number of amides is 4. The Bertz CT molecular complexity index is 2530. The van der Waals surface area contributed by atoms with Crippen LogP contribution in [0.5, 0.6) is 0 Å². The number of anilines is 4. The Morgan fingerprint density at radius 1 is 0.435 bits per heavy atom. The van der Waals surface area contributed by atoms with Gasteiger partial charge in [-0.25, -0.2) is 0 Å². The van der Waals surface area contributed by atoms with Gasteiger partial charge in [0.25, 0.3) is 23.6 Å². The number of hydrogen-bond acceptors (Lipinski definition) is 10. The molecule has 0 aliphatic carbocycles. The van der Waals surface area contributed by atoms with Gasteiger partial charge in [0.2, 0.25) is 12.1 Å². The highest BCUT2D eigenvalue weighted by molar-refractivity contribution is 6.45. The van der Waals surface area contributed by atoms with Gasteiger partial charge < -0.3 is 21.3 Å². The van der Waals surface area contributed by atoms with Gasteiger partial charge in [-0.1, -0.05) is 105 Å². The van der Waals surface area contributed by atoms with Crippen molar-refractivity contribution in [2.45, 2.75) is 25.9 Å². The molecule has 318 valence electrons. The second kappa shape index (κ2) is 21.3. The molecular formula is C40H26Cl8N8O6. The fourth-order valence-corrected chi connectivity index (χ4v) is 6.63. The molecule has 0 saturated heterocycles. The molecule has 62 heavy (non-hydrogen) atoms. The summed E-state index contributed by atoms with van der Waals surface area (Å²) in [5, 5.41) is 26.3. The number of azo groups is 2. The van der Waals surface area contributed by atoms with Crippen molar-refractivity contribution in [2.24, 2.45) is 20.5 Å². The Morgan fingerprint density at radius 3 is 1.16 bits per heavy atom. The molecule has 2 atom stereocenters. The zero-order valence-corrected chi connectivity index (χ0v) is 37.5. The summed E-state index contributed by atoms with van der Waals surface area (Å²) in [6, 6.07) is 16.5. The highest BCUT2D eigenvalue weighted by Crippen LogP contribution is 2.35. The van der Waals surface area contributed by atoms with Crippen LogP contribution in [0.25, 0.3) is 0 Å². The quantitative estimate of drug-likeness (QED) is 0.0630. The van der Waals surface area contributed by atoms with E-state index in [1.54, 1.807) is 24.3 Å². The number of halogens is 8. The summed E-state index contributed by atoms with van der Waals surface area (Å²) in [7, 11) is 0. The van der Waals surface area contributed by atoms with E-state index >= 15 is 0 Å². The van der Waals surface area contributed by atoms with Crippen LogP contribution in [0.3, 0.4) is 0 Å². The summed E-state index contributed by atoms with van der Waals surface area (Å²) in [4.78, 5) is 77.6. The van der Waals surface area contributed by atoms with E-state index in [4.69, 9.17) is 92.8 Å². The van der Waals surface area contributed by atoms with Gasteiger partial charge in [-0.15, -0.1) is 0 Å². The molecule has 0 radical (unpaired) electrons. The smallest absolute Gasteiger partial charge is 0.258 e. The first-order valence-corrected chi connectivity index (χ1v) is 20.4. The number of Topliss-reactive ketones (excluding diaryl/α,β-unsaturated/α-hetero) is 2. The number of nitrogens with zero attached hydrogens (tertiary/aromatic N) is 4. The van der Waals surface area contributed by atoms with Crippen LogP contribution in [-0.2, 0) is 19.2 Å². The molecule has 4 N–H and O–H groups in total. The molecule has 0 heterocycles. The Kier molecular flexibility index (Phi) is 16.4. The molecule has 14 nitrogen and oxygen atoms in total. The normalized spacial score (nSPS) is 12.2. The maximum Gasteiger partial charge on any atom is 0.258 e. The molecule has 0 bridgehead atoms. The summed E-state index contributed by atoms with van der Waals surface area (Å²) in [6.45, 7) is 2.22. The van der Waals surface area contributed by atoms with Gasteiger partial charge in [0, 0.05) is 0 Å². The van der Waals surface area contributed by atoms with E-state index in [-0.39, 0.29) is 85.4 Å². The largest absolute Gasteiger partial charge is 0.322 e. The SMILES string of the molecule is CC(=O)C(N=Nc1ccc(Cl)c(C(=O)Nc2cccc(Cl)c2Cl)c1)C(=O)Nc1cc(Cl)c(NC(=O)C(N=Nc2ccc(Cl)c(C(=O)Nc3cccc(Cl)c3Cl)c2)C(C)=O)cc1Cl. The van der Waals surface area contributed by atoms with Crippen LogP contribution in [0.4, 0.5) is 34.1 Å². The molecule has 22 heteroatoms. The standard InChI is InChI=1S/C40H26Cl8N8O6/c1-17(57)35(55-53-19-9-11-23(41)21(13-19)37(59)49-29-7-3-5-25(43)33(29)47)39(61)51-31-15-28(46)32(16-27(31)45)52-40(62)36(18(2)58)56-54-20-10-12-24(42)22(14-20)38(60)50-30-8-4-6-26(44)34(30)48/h3-16,35-36H,1-2H3,(H,49,59)(H,50,60)(H,51,61)(H,52,62). The number of hydrogen-bond donors (Lipinski definition) is 4. The fraction of sp³-hybridized carbons (Fsp3) is 0.100. The summed E-state index contributed by atoms with van der Waals surface area (Å²) >= 11 is 49.8. The summed E-state index contributed by atoms with van der Waals surface area (Å²) < 4.78 is 0. The van der Waals surface area contributed by atoms with Crippen molar-refractivity contribution in [2.75, 3.05) is 21.3 Å². The number of carbonyl (C=O) groups excluding carboxylic acids is 6. The highest BCUT2D eigenvalue weighted by Gasteiger charge is 2.27. The van der Waals surface area contributed by atoms with Crippen LogP contribution in [-0.4, -0.2) is 47.3 Å². The predicted molar refractivity (Wildman–Crippen MR) is 243 cm³/mol. The zero-order chi connectivity index (χ0) is 45.4. The fourth-order valence-electron chi connectivity index (χ4n) is 5.11. The van der Waals surface area contributed by atoms with Crippen molar-refractivity contribution < 1.29 is 28.8 Å². The first-order chi connectivity index (χ1) is 29.3. The minimum atomic E-state index is -1.68. The van der Waals surface area contributed by atoms with Crippen LogP contribution >= 0.6 is 92.8 Å². The third-order valence-electron chi connectivity index (χ3n) is 8.21. The first kappa shape index (κ1) is 47.9. The predicted octanol–water partition coefficient (Wildman–Crippen LogP) is 12.8. The van der Waals surface area contributed by atoms with Gasteiger partial charge in [-0.3, -0.25) is 28.8 Å². The van der Waals surface area contributed by atoms with E-state index in [9.17, 15) is 28.8 Å². The van der Waals surface area contributed by atoms with Gasteiger partial charge in [-0.2, -0.15) is 20.5 Å². The molecule has 0 aliphatic heterocycles. The molecule has 0 fully saturated rings. The molecule has 0 spiro atoms. The van der Waals surface area contributed by atoms with Crippen molar-refractivity contribution in [1.82, 2.24) is 0 Å². The summed E-state index contributed by atoms with van der Waals surface area (Å²) in [5.74, 6) is -4.61. The molecule has 0 aromatic heterocycles. The van der Waals surface area contributed by atoms with Crippen LogP contribution < -0.4 is 21.3 Å². The third kappa shape index (κ3) is 12.1. The summed E-state index contributed by atoms with van der Waals surface area (Å²) in [5.41, 5.74) is 0.412. The maximum absolute atomic E-state index is 13.3. The second-order valence-corrected chi connectivity index (χ2v) is 15.9. The number of rotatable bonds is 14. The minimum absolute atomic E-state index is 0.0203. The number of carbonyl (C=O) groups is 6. The molecule has 5 aromatic carbocycles. The lowest BCUT2D eigenvalue weighted by molar-refractivity contribution is -0.127. The monoisotopic (exact) mass is 994 g/mol. The van der Waals surface area contributed by atoms with Crippen LogP contribution in [0.1, 0.15) is 34.6 Å². The zero-order valence-electron chi connectivity index (χ0n) is 31.5. The average molecular weight is 998 g/mol. The molecule has 2 unspecified atom stereocenters. The molecular weight excluding hydrogens is 972 g/mol. The number of benzene rings is 5. The molecule has 5 aromatic rings. The topological polar surface area (TPSA) is 200 Å². The third-order valence-corrected chi connectivity index (χ3v) is 11.1. The van der Waals surface area contributed by atoms with E-state index in [1.807, 2.05) is 0 Å². The average Bonchev–Trinajstić information content (AvgIpc) is 3.21. The lowest BCUT2D eigenvalue weighted by Gasteiger charge is -2.15. The maximum atomic E-state index is 13.3. The Morgan fingerprint density at radius 2 is 0.806 bits per heavy atom. The van der Waals surface area contributed by atoms with Gasteiger partial charge in [-0.05, 0) is 86.6 Å². The van der Waals surface area contributed by atoms with Crippen molar-refractivity contribution in [3.8, 4) is 0 Å². The molecule has 5 rings (SSSR count). The van der Waals surface area contributed by atoms with Crippen molar-refractivity contribution in [3.05, 3.63) is 136 Å². The molecule has 4 amide bonds. The Labute approximate surface area is 392 Å². The first-order valence-electron chi connectivity index (χ1n) is 17.4. The molecule has 0 saturated carbocycles. The molecule has 0 aliphatic rings. The van der Waals surface area contributed by atoms with Gasteiger partial charge in [0.15, 0.2) is 11.6 Å². The van der Waals surface area contributed by atoms with Gasteiger partial charge >= 0.3 is 0 Å².